The van der Waals surface area contributed by atoms with Crippen molar-refractivity contribution in [1.29, 1.82) is 0 Å². The zero-order valence-corrected chi connectivity index (χ0v) is 14.7. The number of carbonyl (C=O) groups is 1. The molecule has 7 nitrogen and oxygen atoms in total. The number of nitrogens with zero attached hydrogens (tertiary/aromatic N) is 5. The summed E-state index contributed by atoms with van der Waals surface area (Å²) in [6, 6.07) is 5.61. The molecule has 1 atom stereocenters. The fraction of sp³-hybridized carbons (Fsp3) is 0.316. The molecule has 0 bridgehead atoms. The van der Waals surface area contributed by atoms with Crippen molar-refractivity contribution in [3.63, 3.8) is 0 Å². The summed E-state index contributed by atoms with van der Waals surface area (Å²) in [6.07, 6.45) is 6.66. The van der Waals surface area contributed by atoms with Crippen LogP contribution in [-0.4, -0.2) is 37.5 Å². The van der Waals surface area contributed by atoms with Gasteiger partial charge in [0.2, 0.25) is 0 Å². The Morgan fingerprint density at radius 1 is 1.23 bits per heavy atom. The molecule has 132 valence electrons. The van der Waals surface area contributed by atoms with E-state index in [1.54, 1.807) is 12.3 Å². The molecule has 0 aliphatic carbocycles. The van der Waals surface area contributed by atoms with E-state index < -0.39 is 0 Å². The second-order valence-corrected chi connectivity index (χ2v) is 6.42. The van der Waals surface area contributed by atoms with Crippen molar-refractivity contribution in [1.82, 2.24) is 25.0 Å². The molecule has 7 heteroatoms. The lowest BCUT2D eigenvalue weighted by Gasteiger charge is -2.24. The van der Waals surface area contributed by atoms with E-state index in [4.69, 9.17) is 4.52 Å². The predicted molar refractivity (Wildman–Crippen MR) is 94.3 cm³/mol. The summed E-state index contributed by atoms with van der Waals surface area (Å²) in [5.74, 6) is 0.699. The molecule has 0 saturated carbocycles. The predicted octanol–water partition coefficient (Wildman–Crippen LogP) is 3.12. The molecule has 1 amide bonds. The Kier molecular flexibility index (Phi) is 4.20. The molecule has 4 rings (SSSR count). The van der Waals surface area contributed by atoms with Gasteiger partial charge in [0, 0.05) is 30.1 Å². The van der Waals surface area contributed by atoms with Gasteiger partial charge in [-0.2, -0.15) is 0 Å². The van der Waals surface area contributed by atoms with E-state index in [-0.39, 0.29) is 11.9 Å². The summed E-state index contributed by atoms with van der Waals surface area (Å²) in [6.45, 7) is 4.52. The summed E-state index contributed by atoms with van der Waals surface area (Å²) >= 11 is 0. The van der Waals surface area contributed by atoms with Crippen LogP contribution in [-0.2, 0) is 0 Å². The van der Waals surface area contributed by atoms with Crippen LogP contribution in [0.2, 0.25) is 0 Å². The first-order valence-electron chi connectivity index (χ1n) is 8.61. The van der Waals surface area contributed by atoms with Crippen LogP contribution in [0.5, 0.6) is 0 Å². The van der Waals surface area contributed by atoms with Crippen molar-refractivity contribution in [3.8, 4) is 11.1 Å². The van der Waals surface area contributed by atoms with E-state index >= 15 is 0 Å². The monoisotopic (exact) mass is 349 g/mol. The SMILES string of the molecule is Cc1noc(C)c1-c1ccc([C@@H]2CCCN2C(=O)c2ccncn2)nc1. The van der Waals surface area contributed by atoms with E-state index in [1.165, 1.54) is 6.33 Å². The number of hydrogen-bond acceptors (Lipinski definition) is 6. The highest BCUT2D eigenvalue weighted by molar-refractivity contribution is 5.92. The maximum Gasteiger partial charge on any atom is 0.273 e. The highest BCUT2D eigenvalue weighted by Gasteiger charge is 2.32. The number of likely N-dealkylation sites (tertiary alicyclic amines) is 1. The number of pyridine rings is 1. The third kappa shape index (κ3) is 2.85. The van der Waals surface area contributed by atoms with Crippen LogP contribution < -0.4 is 0 Å². The summed E-state index contributed by atoms with van der Waals surface area (Å²) in [5, 5.41) is 3.99. The minimum absolute atomic E-state index is 0.0313. The highest BCUT2D eigenvalue weighted by Crippen LogP contribution is 2.33. The van der Waals surface area contributed by atoms with Gasteiger partial charge in [0.1, 0.15) is 17.8 Å². The molecule has 0 spiro atoms. The van der Waals surface area contributed by atoms with Crippen molar-refractivity contribution in [2.45, 2.75) is 32.7 Å². The fourth-order valence-corrected chi connectivity index (χ4v) is 3.53. The molecule has 1 saturated heterocycles. The van der Waals surface area contributed by atoms with Crippen molar-refractivity contribution in [3.05, 3.63) is 59.8 Å². The summed E-state index contributed by atoms with van der Waals surface area (Å²) in [4.78, 5) is 27.2. The number of hydrogen-bond donors (Lipinski definition) is 0. The first-order valence-corrected chi connectivity index (χ1v) is 8.61. The molecule has 4 heterocycles. The van der Waals surface area contributed by atoms with Crippen LogP contribution in [0.1, 0.15) is 46.5 Å². The number of amides is 1. The summed E-state index contributed by atoms with van der Waals surface area (Å²) in [5.41, 5.74) is 4.10. The smallest absolute Gasteiger partial charge is 0.273 e. The minimum atomic E-state index is -0.0773. The molecular formula is C19H19N5O2. The van der Waals surface area contributed by atoms with Crippen molar-refractivity contribution < 1.29 is 9.32 Å². The molecule has 3 aromatic heterocycles. The molecule has 3 aromatic rings. The molecule has 0 N–H and O–H groups in total. The second-order valence-electron chi connectivity index (χ2n) is 6.42. The van der Waals surface area contributed by atoms with Crippen LogP contribution in [0.4, 0.5) is 0 Å². The van der Waals surface area contributed by atoms with Gasteiger partial charge in [0.05, 0.1) is 17.4 Å². The van der Waals surface area contributed by atoms with Crippen LogP contribution in [0.3, 0.4) is 0 Å². The Morgan fingerprint density at radius 3 is 2.77 bits per heavy atom. The third-order valence-corrected chi connectivity index (χ3v) is 4.76. The van der Waals surface area contributed by atoms with Crippen molar-refractivity contribution >= 4 is 5.91 Å². The van der Waals surface area contributed by atoms with Gasteiger partial charge < -0.3 is 9.42 Å². The van der Waals surface area contributed by atoms with E-state index in [9.17, 15) is 4.79 Å². The maximum atomic E-state index is 12.8. The Hall–Kier alpha value is -3.09. The van der Waals surface area contributed by atoms with E-state index in [0.29, 0.717) is 12.2 Å². The molecule has 0 unspecified atom stereocenters. The average Bonchev–Trinajstić information content (AvgIpc) is 3.29. The quantitative estimate of drug-likeness (QED) is 0.722. The van der Waals surface area contributed by atoms with Gasteiger partial charge in [0.15, 0.2) is 0 Å². The zero-order chi connectivity index (χ0) is 18.1. The molecule has 1 fully saturated rings. The van der Waals surface area contributed by atoms with Gasteiger partial charge in [-0.3, -0.25) is 9.78 Å². The van der Waals surface area contributed by atoms with Crippen molar-refractivity contribution in [2.24, 2.45) is 0 Å². The summed E-state index contributed by atoms with van der Waals surface area (Å²) in [7, 11) is 0. The maximum absolute atomic E-state index is 12.8. The molecule has 0 radical (unpaired) electrons. The summed E-state index contributed by atoms with van der Waals surface area (Å²) < 4.78 is 5.23. The van der Waals surface area contributed by atoms with Gasteiger partial charge in [0.25, 0.3) is 5.91 Å². The van der Waals surface area contributed by atoms with E-state index in [1.807, 2.05) is 37.1 Å². The lowest BCUT2D eigenvalue weighted by Crippen LogP contribution is -2.31. The standard InChI is InChI=1S/C19H19N5O2/c1-12-18(13(2)26-23-12)14-5-6-15(21-10-14)17-4-3-9-24(17)19(25)16-7-8-20-11-22-16/h5-8,10-11,17H,3-4,9H2,1-2H3/t17-/m0/s1. The first kappa shape index (κ1) is 16.4. The third-order valence-electron chi connectivity index (χ3n) is 4.76. The van der Waals surface area contributed by atoms with Crippen molar-refractivity contribution in [2.75, 3.05) is 6.54 Å². The highest BCUT2D eigenvalue weighted by atomic mass is 16.5. The van der Waals surface area contributed by atoms with Gasteiger partial charge in [-0.1, -0.05) is 11.2 Å². The topological polar surface area (TPSA) is 85.0 Å². The van der Waals surface area contributed by atoms with Gasteiger partial charge in [-0.05, 0) is 38.8 Å². The Balaban J connectivity index is 1.60. The number of aryl methyl sites for hydroxylation is 2. The molecule has 0 aromatic carbocycles. The minimum Gasteiger partial charge on any atom is -0.361 e. The van der Waals surface area contributed by atoms with Crippen LogP contribution in [0, 0.1) is 13.8 Å². The van der Waals surface area contributed by atoms with Gasteiger partial charge in [-0.15, -0.1) is 0 Å². The van der Waals surface area contributed by atoms with E-state index in [0.717, 1.165) is 41.1 Å². The van der Waals surface area contributed by atoms with Gasteiger partial charge in [-0.25, -0.2) is 9.97 Å². The largest absolute Gasteiger partial charge is 0.361 e. The first-order chi connectivity index (χ1) is 12.6. The Bertz CT molecular complexity index is 901. The number of rotatable bonds is 3. The van der Waals surface area contributed by atoms with Crippen LogP contribution in [0.25, 0.3) is 11.1 Å². The molecule has 26 heavy (non-hydrogen) atoms. The van der Waals surface area contributed by atoms with Crippen LogP contribution in [0.15, 0.2) is 41.4 Å². The fourth-order valence-electron chi connectivity index (χ4n) is 3.53. The zero-order valence-electron chi connectivity index (χ0n) is 14.7. The molecular weight excluding hydrogens is 330 g/mol. The number of carbonyl (C=O) groups excluding carboxylic acids is 1. The lowest BCUT2D eigenvalue weighted by atomic mass is 10.0. The Morgan fingerprint density at radius 2 is 2.12 bits per heavy atom. The normalized spacial score (nSPS) is 16.8. The Labute approximate surface area is 151 Å². The lowest BCUT2D eigenvalue weighted by molar-refractivity contribution is 0.0726. The molecule has 1 aliphatic rings. The van der Waals surface area contributed by atoms with Gasteiger partial charge >= 0.3 is 0 Å². The molecule has 1 aliphatic heterocycles. The van der Waals surface area contributed by atoms with Crippen LogP contribution >= 0.6 is 0 Å². The van der Waals surface area contributed by atoms with E-state index in [2.05, 4.69) is 20.1 Å². The number of aromatic nitrogens is 4. The second kappa shape index (κ2) is 6.67. The average molecular weight is 349 g/mol.